The highest BCUT2D eigenvalue weighted by atomic mass is 16.7. The molecule has 4 unspecified atom stereocenters. The summed E-state index contributed by atoms with van der Waals surface area (Å²) in [6, 6.07) is -0.910. The zero-order valence-corrected chi connectivity index (χ0v) is 51.4. The molecular weight excluding hydrogens is 1010 g/mol. The van der Waals surface area contributed by atoms with E-state index in [4.69, 9.17) is 18.9 Å². The van der Waals surface area contributed by atoms with Gasteiger partial charge < -0.3 is 65.1 Å². The van der Waals surface area contributed by atoms with Crippen LogP contribution in [0.15, 0.2) is 12.2 Å². The lowest BCUT2D eigenvalue weighted by Gasteiger charge is -2.46. The monoisotopic (exact) mass is 1140 g/mol. The number of nitrogens with one attached hydrogen (secondary N) is 1. The van der Waals surface area contributed by atoms with Gasteiger partial charge in [0.05, 0.1) is 32.0 Å². The van der Waals surface area contributed by atoms with Gasteiger partial charge in [-0.3, -0.25) is 4.79 Å². The van der Waals surface area contributed by atoms with Crippen molar-refractivity contribution in [1.29, 1.82) is 0 Å². The lowest BCUT2D eigenvalue weighted by molar-refractivity contribution is -0.359. The van der Waals surface area contributed by atoms with Crippen LogP contribution in [0.4, 0.5) is 0 Å². The third-order valence-electron chi connectivity index (χ3n) is 17.0. The van der Waals surface area contributed by atoms with E-state index in [0.29, 0.717) is 6.42 Å². The summed E-state index contributed by atoms with van der Waals surface area (Å²) < 4.78 is 22.8. The summed E-state index contributed by atoms with van der Waals surface area (Å²) in [5.41, 5.74) is 0. The maximum absolute atomic E-state index is 13.3. The van der Waals surface area contributed by atoms with Crippen molar-refractivity contribution in [1.82, 2.24) is 5.32 Å². The van der Waals surface area contributed by atoms with Crippen LogP contribution < -0.4 is 5.32 Å². The molecule has 1 amide bonds. The topological polar surface area (TPSA) is 228 Å². The number of carbonyl (C=O) groups excluding carboxylic acids is 1. The predicted molar refractivity (Wildman–Crippen MR) is 323 cm³/mol. The summed E-state index contributed by atoms with van der Waals surface area (Å²) in [5.74, 6) is -0.232. The first kappa shape index (κ1) is 74.8. The summed E-state index contributed by atoms with van der Waals surface area (Å²) in [7, 11) is 0. The molecule has 2 rings (SSSR count). The molecule has 2 saturated heterocycles. The van der Waals surface area contributed by atoms with E-state index in [1.807, 2.05) is 6.08 Å². The van der Waals surface area contributed by atoms with Gasteiger partial charge in [0.1, 0.15) is 48.8 Å². The number of aliphatic hydroxyl groups is 8. The Morgan fingerprint density at radius 1 is 0.438 bits per heavy atom. The van der Waals surface area contributed by atoms with E-state index in [-0.39, 0.29) is 18.9 Å². The Bertz CT molecular complexity index is 1390. The molecule has 14 nitrogen and oxygen atoms in total. The normalized spacial score (nSPS) is 24.2. The molecule has 2 aliphatic heterocycles. The molecule has 0 aliphatic carbocycles. The predicted octanol–water partition coefficient (Wildman–Crippen LogP) is 13.0. The number of carbonyl (C=O) groups is 1. The number of hydrogen-bond donors (Lipinski definition) is 9. The SMILES string of the molecule is CCCCCCCCCCCCCCCCC/C=C/[C@@H](O)[C@H](CO[C@@H]1O[C@H](CO)[C@@H](O[C@@H]2O[C@H](CO)[C@H](O)C(O)C2O)C(O)C1O)NC(=O)CCCCCCCCCCCCCCCCCCCCCCCCCCCCCCC. The lowest BCUT2D eigenvalue weighted by atomic mass is 9.97. The summed E-state index contributed by atoms with van der Waals surface area (Å²) in [6.45, 7) is 2.85. The minimum absolute atomic E-state index is 0.232. The standard InChI is InChI=1S/C66H127NO13/c1-3-5-7-9-11-13-15-17-19-21-22-23-24-25-26-27-28-29-30-31-32-34-36-38-40-42-44-46-48-50-58(71)67-54(55(70)49-47-45-43-41-39-37-35-33-20-18-16-14-12-10-8-6-4-2)53-77-65-63(76)61(74)64(57(52-69)79-65)80-66-62(75)60(73)59(72)56(51-68)78-66/h47,49,54-57,59-66,68-70,72-76H,3-46,48,50-53H2,1-2H3,(H,67,71)/b49-47+/t54-,55+,56+,57+,59-,60?,61?,62?,63?,64+,65+,66-/m0/s1. The van der Waals surface area contributed by atoms with Gasteiger partial charge in [0.25, 0.3) is 0 Å². The van der Waals surface area contributed by atoms with Crippen LogP contribution in [0.25, 0.3) is 0 Å². The smallest absolute Gasteiger partial charge is 0.220 e. The lowest BCUT2D eigenvalue weighted by Crippen LogP contribution is -2.65. The summed E-state index contributed by atoms with van der Waals surface area (Å²) in [4.78, 5) is 13.3. The van der Waals surface area contributed by atoms with Crippen molar-refractivity contribution in [2.24, 2.45) is 0 Å². The van der Waals surface area contributed by atoms with Crippen molar-refractivity contribution >= 4 is 5.91 Å². The van der Waals surface area contributed by atoms with Crippen molar-refractivity contribution in [2.45, 2.75) is 383 Å². The van der Waals surface area contributed by atoms with Crippen molar-refractivity contribution < 1.29 is 64.6 Å². The number of amides is 1. The molecule has 14 heteroatoms. The molecule has 2 aliphatic rings. The largest absolute Gasteiger partial charge is 0.394 e. The molecule has 0 aromatic rings. The molecule has 0 aromatic carbocycles. The van der Waals surface area contributed by atoms with Crippen LogP contribution in [-0.2, 0) is 23.7 Å². The fraction of sp³-hybridized carbons (Fsp3) is 0.955. The number of allylic oxidation sites excluding steroid dienone is 1. The number of aliphatic hydroxyl groups excluding tert-OH is 8. The highest BCUT2D eigenvalue weighted by molar-refractivity contribution is 5.76. The molecule has 0 radical (unpaired) electrons. The van der Waals surface area contributed by atoms with E-state index < -0.39 is 86.8 Å². The van der Waals surface area contributed by atoms with Crippen LogP contribution in [0.1, 0.15) is 309 Å². The van der Waals surface area contributed by atoms with E-state index in [1.165, 1.54) is 244 Å². The summed E-state index contributed by atoms with van der Waals surface area (Å²) >= 11 is 0. The minimum Gasteiger partial charge on any atom is -0.394 e. The molecule has 12 atom stereocenters. The summed E-state index contributed by atoms with van der Waals surface area (Å²) in [5, 5.41) is 87.3. The van der Waals surface area contributed by atoms with E-state index >= 15 is 0 Å². The first-order valence-electron chi connectivity index (χ1n) is 33.9. The molecule has 0 spiro atoms. The van der Waals surface area contributed by atoms with Crippen molar-refractivity contribution in [3.63, 3.8) is 0 Å². The Morgan fingerprint density at radius 2 is 0.775 bits per heavy atom. The third kappa shape index (κ3) is 36.5. The molecule has 2 fully saturated rings. The molecule has 80 heavy (non-hydrogen) atoms. The fourth-order valence-electron chi connectivity index (χ4n) is 11.5. The maximum Gasteiger partial charge on any atom is 0.220 e. The third-order valence-corrected chi connectivity index (χ3v) is 17.0. The fourth-order valence-corrected chi connectivity index (χ4v) is 11.5. The van der Waals surface area contributed by atoms with E-state index in [2.05, 4.69) is 19.2 Å². The van der Waals surface area contributed by atoms with Crippen LogP contribution >= 0.6 is 0 Å². The Kier molecular flexibility index (Phi) is 48.7. The Labute approximate surface area is 488 Å². The highest BCUT2D eigenvalue weighted by Crippen LogP contribution is 2.30. The van der Waals surface area contributed by atoms with Crippen LogP contribution in [0, 0.1) is 0 Å². The van der Waals surface area contributed by atoms with Gasteiger partial charge in [0, 0.05) is 6.42 Å². The average Bonchev–Trinajstić information content (AvgIpc) is 3.49. The van der Waals surface area contributed by atoms with Crippen LogP contribution in [0.5, 0.6) is 0 Å². The van der Waals surface area contributed by atoms with Gasteiger partial charge in [0.15, 0.2) is 12.6 Å². The van der Waals surface area contributed by atoms with Crippen molar-refractivity contribution in [3.05, 3.63) is 12.2 Å². The van der Waals surface area contributed by atoms with Gasteiger partial charge in [-0.05, 0) is 19.3 Å². The number of hydrogen-bond acceptors (Lipinski definition) is 13. The Hall–Kier alpha value is -1.27. The number of rotatable bonds is 56. The zero-order valence-electron chi connectivity index (χ0n) is 51.4. The van der Waals surface area contributed by atoms with Crippen LogP contribution in [0.2, 0.25) is 0 Å². The Balaban J connectivity index is 1.66. The molecule has 0 aromatic heterocycles. The van der Waals surface area contributed by atoms with Crippen LogP contribution in [-0.4, -0.2) is 140 Å². The second-order valence-corrected chi connectivity index (χ2v) is 24.3. The zero-order chi connectivity index (χ0) is 58.1. The quantitative estimate of drug-likeness (QED) is 0.0204. The van der Waals surface area contributed by atoms with Gasteiger partial charge in [-0.2, -0.15) is 0 Å². The van der Waals surface area contributed by atoms with Gasteiger partial charge in [-0.15, -0.1) is 0 Å². The Morgan fingerprint density at radius 3 is 1.15 bits per heavy atom. The number of unbranched alkanes of at least 4 members (excludes halogenated alkanes) is 43. The van der Waals surface area contributed by atoms with Gasteiger partial charge in [-0.25, -0.2) is 0 Å². The molecule has 0 bridgehead atoms. The molecule has 474 valence electrons. The molecule has 9 N–H and O–H groups in total. The van der Waals surface area contributed by atoms with E-state index in [0.717, 1.165) is 38.5 Å². The minimum atomic E-state index is -1.79. The average molecular weight is 1140 g/mol. The van der Waals surface area contributed by atoms with Crippen molar-refractivity contribution in [2.75, 3.05) is 19.8 Å². The van der Waals surface area contributed by atoms with Gasteiger partial charge in [-0.1, -0.05) is 296 Å². The van der Waals surface area contributed by atoms with Gasteiger partial charge in [0.2, 0.25) is 5.91 Å². The maximum atomic E-state index is 13.3. The molecular formula is C66H127NO13. The van der Waals surface area contributed by atoms with Crippen LogP contribution in [0.3, 0.4) is 0 Å². The van der Waals surface area contributed by atoms with E-state index in [1.54, 1.807) is 6.08 Å². The number of ether oxygens (including phenoxy) is 4. The van der Waals surface area contributed by atoms with E-state index in [9.17, 15) is 45.6 Å². The first-order valence-corrected chi connectivity index (χ1v) is 33.9. The summed E-state index contributed by atoms with van der Waals surface area (Å²) in [6.07, 6.45) is 45.5. The highest BCUT2D eigenvalue weighted by Gasteiger charge is 2.51. The molecule has 2 heterocycles. The second kappa shape index (κ2) is 52.1. The molecule has 0 saturated carbocycles. The van der Waals surface area contributed by atoms with Crippen molar-refractivity contribution in [3.8, 4) is 0 Å². The second-order valence-electron chi connectivity index (χ2n) is 24.3. The van der Waals surface area contributed by atoms with Gasteiger partial charge >= 0.3 is 0 Å². The first-order chi connectivity index (χ1) is 39.1.